The van der Waals surface area contributed by atoms with E-state index >= 15 is 0 Å². The Labute approximate surface area is 157 Å². The van der Waals surface area contributed by atoms with Gasteiger partial charge in [0.05, 0.1) is 6.04 Å². The molecule has 1 heterocycles. The average molecular weight is 363 g/mol. The summed E-state index contributed by atoms with van der Waals surface area (Å²) in [6.07, 6.45) is 3.80. The second-order valence-corrected chi connectivity index (χ2v) is 6.34. The van der Waals surface area contributed by atoms with Gasteiger partial charge in [-0.3, -0.25) is 9.59 Å². The molecule has 2 atom stereocenters. The first-order valence-corrected chi connectivity index (χ1v) is 8.75. The van der Waals surface area contributed by atoms with Crippen molar-refractivity contribution in [2.45, 2.75) is 24.9 Å². The van der Waals surface area contributed by atoms with Crippen molar-refractivity contribution < 1.29 is 14.4 Å². The predicted molar refractivity (Wildman–Crippen MR) is 103 cm³/mol. The number of nitrogens with one attached hydrogen (secondary N) is 3. The SMILES string of the molecule is O=CNC(Cc1ccccc1)C(=O)N[C@@H](C=O)Cc1c[nH]c2ccccc12. The molecule has 0 spiro atoms. The second kappa shape index (κ2) is 8.80. The molecule has 0 saturated carbocycles. The van der Waals surface area contributed by atoms with Crippen LogP contribution in [0, 0.1) is 0 Å². The largest absolute Gasteiger partial charge is 0.361 e. The molecule has 2 amide bonds. The van der Waals surface area contributed by atoms with Crippen LogP contribution < -0.4 is 10.6 Å². The molecule has 6 heteroatoms. The topological polar surface area (TPSA) is 91.1 Å². The van der Waals surface area contributed by atoms with Gasteiger partial charge in [-0.15, -0.1) is 0 Å². The van der Waals surface area contributed by atoms with Gasteiger partial charge in [0.2, 0.25) is 12.3 Å². The van der Waals surface area contributed by atoms with E-state index in [4.69, 9.17) is 0 Å². The van der Waals surface area contributed by atoms with Crippen LogP contribution in [0.1, 0.15) is 11.1 Å². The Morgan fingerprint density at radius 3 is 2.48 bits per heavy atom. The Morgan fingerprint density at radius 2 is 1.74 bits per heavy atom. The van der Waals surface area contributed by atoms with Gasteiger partial charge < -0.3 is 20.4 Å². The molecule has 3 aromatic rings. The highest BCUT2D eigenvalue weighted by molar-refractivity contribution is 5.87. The number of benzene rings is 2. The van der Waals surface area contributed by atoms with Crippen LogP contribution >= 0.6 is 0 Å². The maximum absolute atomic E-state index is 12.6. The van der Waals surface area contributed by atoms with E-state index in [1.54, 1.807) is 0 Å². The monoisotopic (exact) mass is 363 g/mol. The maximum atomic E-state index is 12.6. The molecule has 0 saturated heterocycles. The lowest BCUT2D eigenvalue weighted by molar-refractivity contribution is -0.127. The zero-order valence-corrected chi connectivity index (χ0v) is 14.7. The number of hydrogen-bond acceptors (Lipinski definition) is 3. The smallest absolute Gasteiger partial charge is 0.243 e. The van der Waals surface area contributed by atoms with Crippen molar-refractivity contribution >= 4 is 29.5 Å². The summed E-state index contributed by atoms with van der Waals surface area (Å²) in [6.45, 7) is 0. The minimum Gasteiger partial charge on any atom is -0.361 e. The van der Waals surface area contributed by atoms with Crippen LogP contribution in [0.5, 0.6) is 0 Å². The Balaban J connectivity index is 1.69. The Morgan fingerprint density at radius 1 is 1.00 bits per heavy atom. The molecule has 3 N–H and O–H groups in total. The molecule has 1 aromatic heterocycles. The molecule has 0 bridgehead atoms. The van der Waals surface area contributed by atoms with Crippen molar-refractivity contribution in [3.63, 3.8) is 0 Å². The highest BCUT2D eigenvalue weighted by Crippen LogP contribution is 2.18. The van der Waals surface area contributed by atoms with E-state index in [2.05, 4.69) is 15.6 Å². The standard InChI is InChI=1S/C21H21N3O3/c25-13-17(11-16-12-22-19-9-5-4-8-18(16)19)24-21(27)20(23-14-26)10-15-6-2-1-3-7-15/h1-9,12-14,17,20,22H,10-11H2,(H,23,26)(H,24,27)/t17-,20?/m1/s1. The lowest BCUT2D eigenvalue weighted by atomic mass is 10.0. The normalized spacial score (nSPS) is 12.9. The van der Waals surface area contributed by atoms with E-state index in [1.165, 1.54) is 0 Å². The molecule has 27 heavy (non-hydrogen) atoms. The summed E-state index contributed by atoms with van der Waals surface area (Å²) in [5.41, 5.74) is 2.85. The number of aromatic amines is 1. The van der Waals surface area contributed by atoms with Crippen LogP contribution in [-0.2, 0) is 27.2 Å². The van der Waals surface area contributed by atoms with Crippen molar-refractivity contribution in [1.82, 2.24) is 15.6 Å². The molecule has 138 valence electrons. The van der Waals surface area contributed by atoms with E-state index in [0.717, 1.165) is 28.3 Å². The Hall–Kier alpha value is -3.41. The Bertz CT molecular complexity index is 921. The van der Waals surface area contributed by atoms with Crippen molar-refractivity contribution in [1.29, 1.82) is 0 Å². The summed E-state index contributed by atoms with van der Waals surface area (Å²) in [7, 11) is 0. The second-order valence-electron chi connectivity index (χ2n) is 6.34. The molecule has 0 fully saturated rings. The van der Waals surface area contributed by atoms with Crippen LogP contribution in [0.2, 0.25) is 0 Å². The third-order valence-corrected chi connectivity index (χ3v) is 4.48. The number of hydrogen-bond donors (Lipinski definition) is 3. The molecular weight excluding hydrogens is 342 g/mol. The van der Waals surface area contributed by atoms with Crippen LogP contribution in [0.3, 0.4) is 0 Å². The fraction of sp³-hybridized carbons (Fsp3) is 0.190. The molecule has 0 aliphatic carbocycles. The first-order valence-electron chi connectivity index (χ1n) is 8.75. The summed E-state index contributed by atoms with van der Waals surface area (Å²) >= 11 is 0. The minimum absolute atomic E-state index is 0.351. The van der Waals surface area contributed by atoms with Gasteiger partial charge in [0.25, 0.3) is 0 Å². The van der Waals surface area contributed by atoms with Gasteiger partial charge in [0.15, 0.2) is 0 Å². The van der Waals surface area contributed by atoms with Crippen molar-refractivity contribution in [2.24, 2.45) is 0 Å². The number of carbonyl (C=O) groups is 3. The summed E-state index contributed by atoms with van der Waals surface area (Å²) in [4.78, 5) is 38.2. The van der Waals surface area contributed by atoms with E-state index in [-0.39, 0.29) is 5.91 Å². The summed E-state index contributed by atoms with van der Waals surface area (Å²) in [5, 5.41) is 6.29. The zero-order valence-electron chi connectivity index (χ0n) is 14.7. The summed E-state index contributed by atoms with van der Waals surface area (Å²) in [6, 6.07) is 15.8. The quantitative estimate of drug-likeness (QED) is 0.506. The lowest BCUT2D eigenvalue weighted by Gasteiger charge is -2.19. The molecule has 0 radical (unpaired) electrons. The number of amides is 2. The Kier molecular flexibility index (Phi) is 5.99. The molecule has 6 nitrogen and oxygen atoms in total. The van der Waals surface area contributed by atoms with E-state index in [1.807, 2.05) is 60.8 Å². The van der Waals surface area contributed by atoms with E-state index < -0.39 is 12.1 Å². The number of aldehydes is 1. The molecule has 2 aromatic carbocycles. The molecule has 0 aliphatic rings. The van der Waals surface area contributed by atoms with Crippen LogP contribution in [-0.4, -0.2) is 35.7 Å². The number of para-hydroxylation sites is 1. The van der Waals surface area contributed by atoms with Crippen LogP contribution in [0.25, 0.3) is 10.9 Å². The molecular formula is C21H21N3O3. The molecule has 3 rings (SSSR count). The zero-order chi connectivity index (χ0) is 19.1. The van der Waals surface area contributed by atoms with Crippen molar-refractivity contribution in [2.75, 3.05) is 0 Å². The number of carbonyl (C=O) groups excluding carboxylic acids is 3. The predicted octanol–water partition coefficient (Wildman–Crippen LogP) is 1.75. The average Bonchev–Trinajstić information content (AvgIpc) is 3.11. The first-order chi connectivity index (χ1) is 13.2. The number of rotatable bonds is 9. The van der Waals surface area contributed by atoms with Gasteiger partial charge in [-0.25, -0.2) is 0 Å². The van der Waals surface area contributed by atoms with Crippen LogP contribution in [0.15, 0.2) is 60.8 Å². The summed E-state index contributed by atoms with van der Waals surface area (Å²) < 4.78 is 0. The molecule has 0 aliphatic heterocycles. The van der Waals surface area contributed by atoms with Gasteiger partial charge in [0, 0.05) is 29.9 Å². The van der Waals surface area contributed by atoms with E-state index in [0.29, 0.717) is 19.3 Å². The summed E-state index contributed by atoms with van der Waals surface area (Å²) in [5.74, 6) is -0.386. The van der Waals surface area contributed by atoms with Gasteiger partial charge in [0.1, 0.15) is 12.3 Å². The number of fused-ring (bicyclic) bond motifs is 1. The minimum atomic E-state index is -0.740. The lowest BCUT2D eigenvalue weighted by Crippen LogP contribution is -2.49. The number of H-pyrrole nitrogens is 1. The van der Waals surface area contributed by atoms with Crippen molar-refractivity contribution in [3.05, 3.63) is 71.9 Å². The maximum Gasteiger partial charge on any atom is 0.243 e. The van der Waals surface area contributed by atoms with Crippen molar-refractivity contribution in [3.8, 4) is 0 Å². The first kappa shape index (κ1) is 18.4. The van der Waals surface area contributed by atoms with Crippen LogP contribution in [0.4, 0.5) is 0 Å². The third-order valence-electron chi connectivity index (χ3n) is 4.48. The fourth-order valence-corrected chi connectivity index (χ4v) is 3.11. The molecule has 1 unspecified atom stereocenters. The van der Waals surface area contributed by atoms with Gasteiger partial charge in [-0.1, -0.05) is 48.5 Å². The van der Waals surface area contributed by atoms with Gasteiger partial charge >= 0.3 is 0 Å². The van der Waals surface area contributed by atoms with Gasteiger partial charge in [-0.2, -0.15) is 0 Å². The number of aromatic nitrogens is 1. The fourth-order valence-electron chi connectivity index (χ4n) is 3.11. The van der Waals surface area contributed by atoms with E-state index in [9.17, 15) is 14.4 Å². The highest BCUT2D eigenvalue weighted by Gasteiger charge is 2.22. The third kappa shape index (κ3) is 4.61. The highest BCUT2D eigenvalue weighted by atomic mass is 16.2. The van der Waals surface area contributed by atoms with Gasteiger partial charge in [-0.05, 0) is 17.2 Å².